The average Bonchev–Trinajstić information content (AvgIpc) is 3.32. The number of rotatable bonds is 4. The Labute approximate surface area is 188 Å². The lowest BCUT2D eigenvalue weighted by Gasteiger charge is -2.19. The number of fused-ring (bicyclic) bond motifs is 1. The third-order valence-electron chi connectivity index (χ3n) is 4.72. The van der Waals surface area contributed by atoms with Crippen LogP contribution in [0.15, 0.2) is 53.2 Å². The molecule has 2 aromatic carbocycles. The Bertz CT molecular complexity index is 1160. The third kappa shape index (κ3) is 4.45. The number of anilines is 1. The smallest absolute Gasteiger partial charge is 0.318 e. The van der Waals surface area contributed by atoms with Gasteiger partial charge in [-0.15, -0.1) is 0 Å². The first kappa shape index (κ1) is 21.4. The molecular formula is C22H20N4O5S. The van der Waals surface area contributed by atoms with E-state index in [1.165, 1.54) is 4.90 Å². The van der Waals surface area contributed by atoms with E-state index >= 15 is 0 Å². The number of nitrogens with zero attached hydrogens (tertiary/aromatic N) is 2. The van der Waals surface area contributed by atoms with Crippen LogP contribution in [-0.4, -0.2) is 35.1 Å². The number of amides is 4. The second-order valence-corrected chi connectivity index (χ2v) is 8.43. The summed E-state index contributed by atoms with van der Waals surface area (Å²) in [5.74, 6) is 0.321. The topological polar surface area (TPSA) is 123 Å². The van der Waals surface area contributed by atoms with E-state index < -0.39 is 17.2 Å². The number of hydrogen-bond donors (Lipinski definition) is 2. The molecule has 2 aliphatic heterocycles. The normalized spacial score (nSPS) is 16.8. The van der Waals surface area contributed by atoms with E-state index in [1.807, 2.05) is 24.4 Å². The highest BCUT2D eigenvalue weighted by atomic mass is 32.2. The fourth-order valence-electron chi connectivity index (χ4n) is 3.09. The number of aryl methyl sites for hydroxylation is 1. The molecule has 2 aromatic rings. The summed E-state index contributed by atoms with van der Waals surface area (Å²) >= 11 is 1.05. The zero-order valence-corrected chi connectivity index (χ0v) is 18.1. The van der Waals surface area contributed by atoms with Crippen LogP contribution in [0.3, 0.4) is 0 Å². The number of primary amides is 1. The summed E-state index contributed by atoms with van der Waals surface area (Å²) in [6.45, 7) is 3.70. The number of hydrogen-bond acceptors (Lipinski definition) is 7. The minimum absolute atomic E-state index is 0.152. The van der Waals surface area contributed by atoms with Crippen LogP contribution >= 0.6 is 11.8 Å². The van der Waals surface area contributed by atoms with Crippen LogP contribution in [0.1, 0.15) is 18.1 Å². The molecule has 0 fully saturated rings. The van der Waals surface area contributed by atoms with Crippen LogP contribution in [0.5, 0.6) is 11.5 Å². The highest BCUT2D eigenvalue weighted by Gasteiger charge is 2.34. The second-order valence-electron chi connectivity index (χ2n) is 7.13. The summed E-state index contributed by atoms with van der Waals surface area (Å²) in [7, 11) is 0. The number of ether oxygens (including phenoxy) is 2. The van der Waals surface area contributed by atoms with Crippen molar-refractivity contribution in [2.75, 3.05) is 11.7 Å². The predicted molar refractivity (Wildman–Crippen MR) is 121 cm³/mol. The molecule has 164 valence electrons. The molecule has 0 aliphatic carbocycles. The largest absolute Gasteiger partial charge is 0.454 e. The number of carbonyl (C=O) groups excluding carboxylic acids is 3. The van der Waals surface area contributed by atoms with Gasteiger partial charge in [-0.25, -0.2) is 9.79 Å². The first-order valence-corrected chi connectivity index (χ1v) is 10.6. The quantitative estimate of drug-likeness (QED) is 0.688. The number of carbonyl (C=O) groups is 3. The van der Waals surface area contributed by atoms with E-state index in [0.29, 0.717) is 22.4 Å². The van der Waals surface area contributed by atoms with Gasteiger partial charge in [0, 0.05) is 0 Å². The maximum Gasteiger partial charge on any atom is 0.318 e. The summed E-state index contributed by atoms with van der Waals surface area (Å²) in [6.07, 6.45) is 1.65. The van der Waals surface area contributed by atoms with Crippen LogP contribution in [0, 0.1) is 6.92 Å². The number of aliphatic imine (C=N–C) groups is 1. The van der Waals surface area contributed by atoms with Crippen LogP contribution in [0.2, 0.25) is 0 Å². The molecule has 1 unspecified atom stereocenters. The summed E-state index contributed by atoms with van der Waals surface area (Å²) in [6, 6.07) is 11.8. The van der Waals surface area contributed by atoms with Crippen molar-refractivity contribution in [3.8, 4) is 11.5 Å². The standard InChI is InChI=1S/C22H20N4O5S/c1-12-3-6-15(7-4-12)26-20(28)16(9-14-5-8-17-18(10-14)31-11-30-17)24-22(26)32-13(2)19(27)25-21(23)29/h3-10,13H,11H2,1-2H3,(H3,23,25,27,29)/b16-9-. The lowest BCUT2D eigenvalue weighted by Crippen LogP contribution is -2.41. The van der Waals surface area contributed by atoms with Gasteiger partial charge in [-0.05, 0) is 49.8 Å². The molecule has 9 nitrogen and oxygen atoms in total. The van der Waals surface area contributed by atoms with Crippen molar-refractivity contribution >= 4 is 46.5 Å². The molecule has 0 spiro atoms. The number of nitrogens with one attached hydrogen (secondary N) is 1. The van der Waals surface area contributed by atoms with Gasteiger partial charge in [-0.1, -0.05) is 35.5 Å². The molecule has 2 aliphatic rings. The molecule has 4 rings (SSSR count). The number of nitrogens with two attached hydrogens (primary N) is 1. The number of imide groups is 1. The van der Waals surface area contributed by atoms with Crippen molar-refractivity contribution < 1.29 is 23.9 Å². The van der Waals surface area contributed by atoms with E-state index in [0.717, 1.165) is 22.9 Å². The Morgan fingerprint density at radius 2 is 1.91 bits per heavy atom. The molecule has 0 radical (unpaired) electrons. The van der Waals surface area contributed by atoms with Gasteiger partial charge < -0.3 is 15.2 Å². The molecule has 3 N–H and O–H groups in total. The maximum atomic E-state index is 13.3. The van der Waals surface area contributed by atoms with Crippen molar-refractivity contribution in [1.82, 2.24) is 5.32 Å². The molecule has 0 bridgehead atoms. The van der Waals surface area contributed by atoms with E-state index in [9.17, 15) is 14.4 Å². The summed E-state index contributed by atoms with van der Waals surface area (Å²) in [5, 5.41) is 1.65. The molecule has 10 heteroatoms. The molecule has 1 atom stereocenters. The Kier molecular flexibility index (Phi) is 5.87. The summed E-state index contributed by atoms with van der Waals surface area (Å²) in [5.41, 5.74) is 7.61. The van der Waals surface area contributed by atoms with Crippen molar-refractivity contribution in [1.29, 1.82) is 0 Å². The fourth-order valence-corrected chi connectivity index (χ4v) is 4.02. The average molecular weight is 452 g/mol. The van der Waals surface area contributed by atoms with Gasteiger partial charge in [0.2, 0.25) is 12.7 Å². The minimum Gasteiger partial charge on any atom is -0.454 e. The predicted octanol–water partition coefficient (Wildman–Crippen LogP) is 2.78. The molecular weight excluding hydrogens is 432 g/mol. The summed E-state index contributed by atoms with van der Waals surface area (Å²) in [4.78, 5) is 42.4. The second kappa shape index (κ2) is 8.75. The molecule has 0 saturated heterocycles. The first-order chi connectivity index (χ1) is 15.3. The van der Waals surface area contributed by atoms with Gasteiger partial charge >= 0.3 is 6.03 Å². The first-order valence-electron chi connectivity index (χ1n) is 9.70. The highest BCUT2D eigenvalue weighted by molar-refractivity contribution is 8.15. The number of amidine groups is 1. The van der Waals surface area contributed by atoms with Gasteiger partial charge in [-0.2, -0.15) is 0 Å². The van der Waals surface area contributed by atoms with Gasteiger partial charge in [0.25, 0.3) is 5.91 Å². The minimum atomic E-state index is -0.939. The number of urea groups is 1. The molecule has 0 aromatic heterocycles. The van der Waals surface area contributed by atoms with E-state index in [4.69, 9.17) is 15.2 Å². The SMILES string of the molecule is Cc1ccc(N2C(=O)/C(=C/c3ccc4c(c3)OCO4)N=C2SC(C)C(=O)NC(N)=O)cc1. The highest BCUT2D eigenvalue weighted by Crippen LogP contribution is 2.35. The zero-order chi connectivity index (χ0) is 22.8. The Hall–Kier alpha value is -3.79. The number of thioether (sulfide) groups is 1. The van der Waals surface area contributed by atoms with Crippen LogP contribution < -0.4 is 25.4 Å². The van der Waals surface area contributed by atoms with Crippen molar-refractivity contribution in [2.24, 2.45) is 10.7 Å². The third-order valence-corrected chi connectivity index (χ3v) is 5.77. The van der Waals surface area contributed by atoms with E-state index in [1.54, 1.807) is 43.3 Å². The molecule has 0 saturated carbocycles. The van der Waals surface area contributed by atoms with Gasteiger partial charge in [0.1, 0.15) is 5.70 Å². The van der Waals surface area contributed by atoms with Gasteiger partial charge in [0.15, 0.2) is 16.7 Å². The fraction of sp³-hybridized carbons (Fsp3) is 0.182. The van der Waals surface area contributed by atoms with Crippen molar-refractivity contribution in [3.05, 3.63) is 59.3 Å². The van der Waals surface area contributed by atoms with Crippen LogP contribution in [0.4, 0.5) is 10.5 Å². The zero-order valence-electron chi connectivity index (χ0n) is 17.3. The molecule has 2 heterocycles. The molecule has 4 amide bonds. The van der Waals surface area contributed by atoms with E-state index in [2.05, 4.69) is 4.99 Å². The maximum absolute atomic E-state index is 13.3. The Morgan fingerprint density at radius 1 is 1.19 bits per heavy atom. The van der Waals surface area contributed by atoms with E-state index in [-0.39, 0.29) is 18.4 Å². The number of benzene rings is 2. The van der Waals surface area contributed by atoms with Crippen molar-refractivity contribution in [3.63, 3.8) is 0 Å². The lowest BCUT2D eigenvalue weighted by molar-refractivity contribution is -0.119. The van der Waals surface area contributed by atoms with Crippen LogP contribution in [0.25, 0.3) is 6.08 Å². The van der Waals surface area contributed by atoms with Gasteiger partial charge in [0.05, 0.1) is 10.9 Å². The Morgan fingerprint density at radius 3 is 2.62 bits per heavy atom. The molecule has 32 heavy (non-hydrogen) atoms. The van der Waals surface area contributed by atoms with Gasteiger partial charge in [-0.3, -0.25) is 19.8 Å². The van der Waals surface area contributed by atoms with Crippen molar-refractivity contribution in [2.45, 2.75) is 19.1 Å². The van der Waals surface area contributed by atoms with Crippen LogP contribution in [-0.2, 0) is 9.59 Å². The Balaban J connectivity index is 1.67. The summed E-state index contributed by atoms with van der Waals surface area (Å²) < 4.78 is 10.7. The monoisotopic (exact) mass is 452 g/mol. The lowest BCUT2D eigenvalue weighted by atomic mass is 10.1.